The molecule has 2 rings (SSSR count). The van der Waals surface area contributed by atoms with Gasteiger partial charge in [0.2, 0.25) is 0 Å². The Labute approximate surface area is 175 Å². The second-order valence-electron chi connectivity index (χ2n) is 5.76. The molecule has 0 radical (unpaired) electrons. The van der Waals surface area contributed by atoms with Crippen molar-refractivity contribution < 1.29 is 8.42 Å². The van der Waals surface area contributed by atoms with Crippen LogP contribution in [0.2, 0.25) is 0 Å². The van der Waals surface area contributed by atoms with Gasteiger partial charge in [-0.2, -0.15) is 0 Å². The third-order valence-corrected chi connectivity index (χ3v) is 6.47. The first kappa shape index (κ1) is 22.5. The second-order valence-corrected chi connectivity index (χ2v) is 9.09. The molecule has 1 saturated heterocycles. The van der Waals surface area contributed by atoms with Crippen LogP contribution in [0, 0.1) is 0 Å². The van der Waals surface area contributed by atoms with Gasteiger partial charge in [0.05, 0.1) is 11.4 Å². The number of rotatable bonds is 6. The second kappa shape index (κ2) is 10.6. The molecule has 142 valence electrons. The van der Waals surface area contributed by atoms with Crippen molar-refractivity contribution >= 4 is 61.4 Å². The lowest BCUT2D eigenvalue weighted by molar-refractivity contribution is 0.595. The van der Waals surface area contributed by atoms with E-state index in [-0.39, 0.29) is 41.5 Å². The van der Waals surface area contributed by atoms with Gasteiger partial charge in [0.15, 0.2) is 15.8 Å². The summed E-state index contributed by atoms with van der Waals surface area (Å²) in [7, 11) is -1.26. The number of aliphatic imine (C=N–C) groups is 1. The number of para-hydroxylation sites is 1. The predicted molar refractivity (Wildman–Crippen MR) is 119 cm³/mol. The predicted octanol–water partition coefficient (Wildman–Crippen LogP) is 2.25. The monoisotopic (exact) mass is 544 g/mol. The molecule has 1 aromatic carbocycles. The van der Waals surface area contributed by atoms with Crippen molar-refractivity contribution in [2.24, 2.45) is 4.99 Å². The Morgan fingerprint density at radius 3 is 2.76 bits per heavy atom. The lowest BCUT2D eigenvalue weighted by atomic mass is 10.3. The summed E-state index contributed by atoms with van der Waals surface area (Å²) in [6, 6.07) is 8.48. The summed E-state index contributed by atoms with van der Waals surface area (Å²) in [4.78, 5) is 6.51. The van der Waals surface area contributed by atoms with Crippen LogP contribution in [0.4, 0.5) is 5.69 Å². The molecule has 1 aromatic rings. The average Bonchev–Trinajstić information content (AvgIpc) is 3.02. The minimum absolute atomic E-state index is 0. The van der Waals surface area contributed by atoms with E-state index in [4.69, 9.17) is 0 Å². The largest absolute Gasteiger partial charge is 0.368 e. The van der Waals surface area contributed by atoms with Gasteiger partial charge in [-0.25, -0.2) is 8.42 Å². The summed E-state index contributed by atoms with van der Waals surface area (Å²) in [6.07, 6.45) is 1.01. The maximum atomic E-state index is 11.5. The molecule has 0 spiro atoms. The van der Waals surface area contributed by atoms with E-state index in [1.165, 1.54) is 5.69 Å². The zero-order valence-electron chi connectivity index (χ0n) is 14.5. The highest BCUT2D eigenvalue weighted by molar-refractivity contribution is 14.0. The number of sulfone groups is 1. The van der Waals surface area contributed by atoms with E-state index in [9.17, 15) is 8.42 Å². The van der Waals surface area contributed by atoms with E-state index < -0.39 is 9.84 Å². The van der Waals surface area contributed by atoms with Gasteiger partial charge in [0.1, 0.15) is 0 Å². The van der Waals surface area contributed by atoms with Crippen molar-refractivity contribution in [2.75, 3.05) is 43.1 Å². The van der Waals surface area contributed by atoms with Gasteiger partial charge in [-0.1, -0.05) is 19.1 Å². The molecule has 1 atom stereocenters. The first-order chi connectivity index (χ1) is 11.4. The Morgan fingerprint density at radius 2 is 2.12 bits per heavy atom. The SMILES string of the molecule is CCS(=O)(=O)CCNC(=NC)NC1CCN(c2ccccc2Br)C1.I. The Kier molecular flexibility index (Phi) is 9.50. The van der Waals surface area contributed by atoms with E-state index in [0.29, 0.717) is 12.5 Å². The number of hydrogen-bond acceptors (Lipinski definition) is 4. The van der Waals surface area contributed by atoms with Crippen LogP contribution in [0.1, 0.15) is 13.3 Å². The van der Waals surface area contributed by atoms with E-state index in [2.05, 4.69) is 42.5 Å². The summed E-state index contributed by atoms with van der Waals surface area (Å²) in [5.41, 5.74) is 1.19. The standard InChI is InChI=1S/C16H25BrN4O2S.HI/c1-3-24(22,23)11-9-19-16(18-2)20-13-8-10-21(12-13)15-7-5-4-6-14(15)17;/h4-7,13H,3,8-12H2,1-2H3,(H2,18,19,20);1H. The lowest BCUT2D eigenvalue weighted by Crippen LogP contribution is -2.45. The van der Waals surface area contributed by atoms with Crippen LogP contribution in [0.3, 0.4) is 0 Å². The Hall–Kier alpha value is -0.550. The maximum absolute atomic E-state index is 11.5. The molecule has 1 aliphatic rings. The molecule has 0 aromatic heterocycles. The van der Waals surface area contributed by atoms with Crippen LogP contribution in [-0.4, -0.2) is 58.6 Å². The van der Waals surface area contributed by atoms with Gasteiger partial charge < -0.3 is 15.5 Å². The average molecular weight is 545 g/mol. The molecule has 6 nitrogen and oxygen atoms in total. The fraction of sp³-hybridized carbons (Fsp3) is 0.562. The molecular weight excluding hydrogens is 519 g/mol. The zero-order valence-corrected chi connectivity index (χ0v) is 19.3. The van der Waals surface area contributed by atoms with E-state index >= 15 is 0 Å². The lowest BCUT2D eigenvalue weighted by Gasteiger charge is -2.21. The van der Waals surface area contributed by atoms with Gasteiger partial charge >= 0.3 is 0 Å². The topological polar surface area (TPSA) is 73.8 Å². The van der Waals surface area contributed by atoms with Crippen LogP contribution >= 0.6 is 39.9 Å². The highest BCUT2D eigenvalue weighted by Gasteiger charge is 2.24. The van der Waals surface area contributed by atoms with E-state index in [1.54, 1.807) is 14.0 Å². The van der Waals surface area contributed by atoms with Crippen molar-refractivity contribution in [3.05, 3.63) is 28.7 Å². The Bertz CT molecular complexity index is 684. The molecule has 0 bridgehead atoms. The summed E-state index contributed by atoms with van der Waals surface area (Å²) in [6.45, 7) is 3.89. The first-order valence-corrected chi connectivity index (χ1v) is 10.7. The van der Waals surface area contributed by atoms with E-state index in [0.717, 1.165) is 24.0 Å². The smallest absolute Gasteiger partial charge is 0.191 e. The first-order valence-electron chi connectivity index (χ1n) is 8.12. The van der Waals surface area contributed by atoms with Crippen molar-refractivity contribution in [3.8, 4) is 0 Å². The number of benzene rings is 1. The van der Waals surface area contributed by atoms with Crippen molar-refractivity contribution in [3.63, 3.8) is 0 Å². The molecule has 1 unspecified atom stereocenters. The van der Waals surface area contributed by atoms with Crippen LogP contribution in [-0.2, 0) is 9.84 Å². The van der Waals surface area contributed by atoms with Gasteiger partial charge in [-0.15, -0.1) is 24.0 Å². The number of nitrogens with zero attached hydrogens (tertiary/aromatic N) is 2. The van der Waals surface area contributed by atoms with Gasteiger partial charge in [0, 0.05) is 42.9 Å². The fourth-order valence-electron chi connectivity index (χ4n) is 2.66. The maximum Gasteiger partial charge on any atom is 0.191 e. The van der Waals surface area contributed by atoms with Crippen molar-refractivity contribution in [2.45, 2.75) is 19.4 Å². The van der Waals surface area contributed by atoms with Gasteiger partial charge in [-0.05, 0) is 34.5 Å². The molecule has 0 amide bonds. The highest BCUT2D eigenvalue weighted by atomic mass is 127. The zero-order chi connectivity index (χ0) is 17.6. The number of nitrogens with one attached hydrogen (secondary N) is 2. The normalized spacial score (nSPS) is 18.0. The fourth-order valence-corrected chi connectivity index (χ4v) is 3.90. The van der Waals surface area contributed by atoms with E-state index in [1.807, 2.05) is 18.2 Å². The Balaban J connectivity index is 0.00000312. The summed E-state index contributed by atoms with van der Waals surface area (Å²) in [5, 5.41) is 6.46. The van der Waals surface area contributed by atoms with Crippen LogP contribution < -0.4 is 15.5 Å². The molecule has 2 N–H and O–H groups in total. The molecule has 1 aliphatic heterocycles. The molecule has 0 saturated carbocycles. The minimum Gasteiger partial charge on any atom is -0.368 e. The number of halogens is 2. The summed E-state index contributed by atoms with van der Waals surface area (Å²) < 4.78 is 24.2. The molecule has 1 heterocycles. The third-order valence-electron chi connectivity index (χ3n) is 4.09. The quantitative estimate of drug-likeness (QED) is 0.326. The molecule has 25 heavy (non-hydrogen) atoms. The van der Waals surface area contributed by atoms with Crippen molar-refractivity contribution in [1.82, 2.24) is 10.6 Å². The minimum atomic E-state index is -2.96. The Morgan fingerprint density at radius 1 is 1.40 bits per heavy atom. The van der Waals surface area contributed by atoms with Gasteiger partial charge in [-0.3, -0.25) is 4.99 Å². The molecule has 9 heteroatoms. The summed E-state index contributed by atoms with van der Waals surface area (Å²) in [5.74, 6) is 0.947. The van der Waals surface area contributed by atoms with Crippen LogP contribution in [0.15, 0.2) is 33.7 Å². The third kappa shape index (κ3) is 6.93. The number of hydrogen-bond donors (Lipinski definition) is 2. The number of guanidine groups is 1. The number of anilines is 1. The molecular formula is C16H26BrIN4O2S. The highest BCUT2D eigenvalue weighted by Crippen LogP contribution is 2.28. The van der Waals surface area contributed by atoms with Crippen molar-refractivity contribution in [1.29, 1.82) is 0 Å². The van der Waals surface area contributed by atoms with Crippen LogP contribution in [0.25, 0.3) is 0 Å². The molecule has 0 aliphatic carbocycles. The molecule has 1 fully saturated rings. The summed E-state index contributed by atoms with van der Waals surface area (Å²) >= 11 is 3.60. The van der Waals surface area contributed by atoms with Crippen LogP contribution in [0.5, 0.6) is 0 Å². The van der Waals surface area contributed by atoms with Gasteiger partial charge in [0.25, 0.3) is 0 Å².